The lowest BCUT2D eigenvalue weighted by Crippen LogP contribution is -2.24. The predicted molar refractivity (Wildman–Crippen MR) is 86.7 cm³/mol. The van der Waals surface area contributed by atoms with Crippen LogP contribution in [-0.2, 0) is 0 Å². The monoisotopic (exact) mass is 347 g/mol. The summed E-state index contributed by atoms with van der Waals surface area (Å²) < 4.78 is 12.9. The van der Waals surface area contributed by atoms with Crippen LogP contribution in [0.3, 0.4) is 0 Å². The lowest BCUT2D eigenvalue weighted by Gasteiger charge is -2.31. The molecule has 110 valence electrons. The Bertz CT molecular complexity index is 644. The van der Waals surface area contributed by atoms with Gasteiger partial charge in [-0.1, -0.05) is 40.2 Å². The summed E-state index contributed by atoms with van der Waals surface area (Å²) in [7, 11) is 0. The lowest BCUT2D eigenvalue weighted by atomic mass is 9.93. The van der Waals surface area contributed by atoms with Crippen LogP contribution in [0.15, 0.2) is 46.9 Å². The summed E-state index contributed by atoms with van der Waals surface area (Å²) in [5.74, 6) is 1.72. The summed E-state index contributed by atoms with van der Waals surface area (Å²) in [6.07, 6.45) is 0.670. The average Bonchev–Trinajstić information content (AvgIpc) is 2.47. The number of para-hydroxylation sites is 1. The molecule has 0 aromatic heterocycles. The van der Waals surface area contributed by atoms with Gasteiger partial charge in [-0.05, 0) is 25.1 Å². The molecule has 21 heavy (non-hydrogen) atoms. The molecule has 0 aliphatic carbocycles. The third kappa shape index (κ3) is 2.92. The second kappa shape index (κ2) is 6.08. The van der Waals surface area contributed by atoms with E-state index in [9.17, 15) is 0 Å². The Kier molecular flexibility index (Phi) is 4.17. The van der Waals surface area contributed by atoms with E-state index in [0.29, 0.717) is 6.61 Å². The highest BCUT2D eigenvalue weighted by Gasteiger charge is 2.28. The lowest BCUT2D eigenvalue weighted by molar-refractivity contribution is 0.156. The Morgan fingerprint density at radius 2 is 2.05 bits per heavy atom. The summed E-state index contributed by atoms with van der Waals surface area (Å²) in [4.78, 5) is 0. The van der Waals surface area contributed by atoms with Crippen molar-refractivity contribution in [3.8, 4) is 11.5 Å². The number of ether oxygens (including phenoxy) is 2. The maximum absolute atomic E-state index is 6.31. The van der Waals surface area contributed by atoms with Crippen LogP contribution in [0.2, 0.25) is 0 Å². The maximum atomic E-state index is 6.31. The summed E-state index contributed by atoms with van der Waals surface area (Å²) in [6.45, 7) is 2.62. The molecule has 0 saturated heterocycles. The minimum Gasteiger partial charge on any atom is -0.493 e. The molecule has 2 unspecified atom stereocenters. The fraction of sp³-hybridized carbons (Fsp3) is 0.294. The molecule has 2 aromatic carbocycles. The van der Waals surface area contributed by atoms with Crippen LogP contribution in [-0.4, -0.2) is 6.61 Å². The van der Waals surface area contributed by atoms with Crippen molar-refractivity contribution < 1.29 is 9.47 Å². The van der Waals surface area contributed by atoms with E-state index in [1.54, 1.807) is 0 Å². The standard InChI is InChI=1S/C17H18BrNO2/c1-2-20-15-6-4-3-5-13(15)17-10-14(19)12-8-7-11(18)9-16(12)21-17/h3-9,14,17H,2,10,19H2,1H3. The zero-order valence-electron chi connectivity index (χ0n) is 11.9. The quantitative estimate of drug-likeness (QED) is 0.896. The van der Waals surface area contributed by atoms with Gasteiger partial charge in [0.2, 0.25) is 0 Å². The number of halogens is 1. The Labute approximate surface area is 133 Å². The molecular weight excluding hydrogens is 330 g/mol. The van der Waals surface area contributed by atoms with Gasteiger partial charge in [0, 0.05) is 28.1 Å². The van der Waals surface area contributed by atoms with Gasteiger partial charge in [-0.25, -0.2) is 0 Å². The van der Waals surface area contributed by atoms with Gasteiger partial charge in [0.25, 0.3) is 0 Å². The Morgan fingerprint density at radius 1 is 1.24 bits per heavy atom. The van der Waals surface area contributed by atoms with Crippen LogP contribution >= 0.6 is 15.9 Å². The number of benzene rings is 2. The first-order valence-electron chi connectivity index (χ1n) is 7.12. The minimum absolute atomic E-state index is 0.0264. The van der Waals surface area contributed by atoms with Crippen LogP contribution in [0.5, 0.6) is 11.5 Å². The molecular formula is C17H18BrNO2. The number of hydrogen-bond acceptors (Lipinski definition) is 3. The fourth-order valence-electron chi connectivity index (χ4n) is 2.70. The highest BCUT2D eigenvalue weighted by atomic mass is 79.9. The van der Waals surface area contributed by atoms with Gasteiger partial charge in [0.1, 0.15) is 17.6 Å². The van der Waals surface area contributed by atoms with Crippen LogP contribution in [0.4, 0.5) is 0 Å². The van der Waals surface area contributed by atoms with Crippen molar-refractivity contribution in [1.29, 1.82) is 0 Å². The largest absolute Gasteiger partial charge is 0.493 e. The SMILES string of the molecule is CCOc1ccccc1C1CC(N)c2ccc(Br)cc2O1. The van der Waals surface area contributed by atoms with Crippen molar-refractivity contribution in [3.05, 3.63) is 58.1 Å². The van der Waals surface area contributed by atoms with Crippen molar-refractivity contribution in [3.63, 3.8) is 0 Å². The molecule has 3 rings (SSSR count). The van der Waals surface area contributed by atoms with Crippen LogP contribution < -0.4 is 15.2 Å². The van der Waals surface area contributed by atoms with E-state index in [-0.39, 0.29) is 12.1 Å². The first kappa shape index (κ1) is 14.4. The third-order valence-electron chi connectivity index (χ3n) is 3.68. The van der Waals surface area contributed by atoms with Gasteiger partial charge >= 0.3 is 0 Å². The third-order valence-corrected chi connectivity index (χ3v) is 4.17. The van der Waals surface area contributed by atoms with Crippen molar-refractivity contribution >= 4 is 15.9 Å². The van der Waals surface area contributed by atoms with Crippen molar-refractivity contribution in [2.75, 3.05) is 6.61 Å². The maximum Gasteiger partial charge on any atom is 0.129 e. The number of hydrogen-bond donors (Lipinski definition) is 1. The van der Waals surface area contributed by atoms with Gasteiger partial charge in [0.15, 0.2) is 0 Å². The molecule has 1 aliphatic rings. The van der Waals surface area contributed by atoms with Crippen LogP contribution in [0.25, 0.3) is 0 Å². The number of rotatable bonds is 3. The molecule has 1 aliphatic heterocycles. The summed E-state index contributed by atoms with van der Waals surface area (Å²) in [6, 6.07) is 14.0. The molecule has 2 atom stereocenters. The molecule has 3 nitrogen and oxygen atoms in total. The van der Waals surface area contributed by atoms with Crippen molar-refractivity contribution in [2.45, 2.75) is 25.5 Å². The number of fused-ring (bicyclic) bond motifs is 1. The van der Waals surface area contributed by atoms with E-state index in [4.69, 9.17) is 15.2 Å². The Hall–Kier alpha value is -1.52. The zero-order valence-corrected chi connectivity index (χ0v) is 13.5. The van der Waals surface area contributed by atoms with Gasteiger partial charge in [-0.3, -0.25) is 0 Å². The summed E-state index contributed by atoms with van der Waals surface area (Å²) in [5.41, 5.74) is 8.43. The van der Waals surface area contributed by atoms with E-state index < -0.39 is 0 Å². The molecule has 0 radical (unpaired) electrons. The highest BCUT2D eigenvalue weighted by Crippen LogP contribution is 2.42. The van der Waals surface area contributed by atoms with Gasteiger partial charge in [0.05, 0.1) is 6.61 Å². The molecule has 2 N–H and O–H groups in total. The first-order valence-corrected chi connectivity index (χ1v) is 7.91. The second-order valence-corrected chi connectivity index (χ2v) is 6.02. The van der Waals surface area contributed by atoms with E-state index in [2.05, 4.69) is 15.9 Å². The Balaban J connectivity index is 1.95. The molecule has 4 heteroatoms. The first-order chi connectivity index (χ1) is 10.2. The van der Waals surface area contributed by atoms with E-state index in [0.717, 1.165) is 33.5 Å². The van der Waals surface area contributed by atoms with E-state index >= 15 is 0 Å². The molecule has 0 spiro atoms. The highest BCUT2D eigenvalue weighted by molar-refractivity contribution is 9.10. The normalized spacial score (nSPS) is 20.5. The molecule has 0 fully saturated rings. The number of nitrogens with two attached hydrogens (primary N) is 1. The summed E-state index contributed by atoms with van der Waals surface area (Å²) in [5, 5.41) is 0. The molecule has 0 saturated carbocycles. The molecule has 1 heterocycles. The minimum atomic E-state index is -0.0791. The topological polar surface area (TPSA) is 44.5 Å². The smallest absolute Gasteiger partial charge is 0.129 e. The van der Waals surface area contributed by atoms with Crippen LogP contribution in [0.1, 0.15) is 36.6 Å². The van der Waals surface area contributed by atoms with Crippen molar-refractivity contribution in [2.24, 2.45) is 5.73 Å². The predicted octanol–water partition coefficient (Wildman–Crippen LogP) is 4.37. The van der Waals surface area contributed by atoms with E-state index in [1.165, 1.54) is 0 Å². The zero-order chi connectivity index (χ0) is 14.8. The van der Waals surface area contributed by atoms with Gasteiger partial charge < -0.3 is 15.2 Å². The van der Waals surface area contributed by atoms with Crippen molar-refractivity contribution in [1.82, 2.24) is 0 Å². The molecule has 2 aromatic rings. The van der Waals surface area contributed by atoms with E-state index in [1.807, 2.05) is 49.4 Å². The molecule has 0 bridgehead atoms. The summed E-state index contributed by atoms with van der Waals surface area (Å²) >= 11 is 3.48. The fourth-order valence-corrected chi connectivity index (χ4v) is 3.04. The molecule has 0 amide bonds. The second-order valence-electron chi connectivity index (χ2n) is 5.10. The van der Waals surface area contributed by atoms with Gasteiger partial charge in [-0.2, -0.15) is 0 Å². The average molecular weight is 348 g/mol. The Morgan fingerprint density at radius 3 is 2.86 bits per heavy atom. The van der Waals surface area contributed by atoms with Gasteiger partial charge in [-0.15, -0.1) is 0 Å². The van der Waals surface area contributed by atoms with Crippen LogP contribution in [0, 0.1) is 0 Å².